The second-order valence-electron chi connectivity index (χ2n) is 17.1. The van der Waals surface area contributed by atoms with E-state index in [1.807, 2.05) is 95.3 Å². The number of phenols is 3. The molecule has 0 heterocycles. The number of rotatable bonds is 22. The van der Waals surface area contributed by atoms with Crippen LogP contribution < -0.4 is 15.6 Å². The van der Waals surface area contributed by atoms with E-state index in [0.29, 0.717) is 6.04 Å². The second-order valence-corrected chi connectivity index (χ2v) is 46.8. The lowest BCUT2D eigenvalue weighted by atomic mass is 10.3. The van der Waals surface area contributed by atoms with Crippen LogP contribution in [0, 0.1) is 0 Å². The Labute approximate surface area is 342 Å². The first-order valence-electron chi connectivity index (χ1n) is 18.6. The third-order valence-electron chi connectivity index (χ3n) is 8.30. The Balaban J connectivity index is 2.06. The van der Waals surface area contributed by atoms with Gasteiger partial charge in [-0.2, -0.15) is 0 Å². The maximum Gasteiger partial charge on any atom is 0.351 e. The Bertz CT molecular complexity index is 1690. The van der Waals surface area contributed by atoms with Gasteiger partial charge in [-0.1, -0.05) is 41.4 Å². The topological polar surface area (TPSA) is 153 Å². The molecule has 56 heavy (non-hydrogen) atoms. The summed E-state index contributed by atoms with van der Waals surface area (Å²) in [4.78, 5) is 9.72. The highest BCUT2D eigenvalue weighted by atomic mass is 28.5. The summed E-state index contributed by atoms with van der Waals surface area (Å²) in [7, 11) is -22.2. The summed E-state index contributed by atoms with van der Waals surface area (Å²) in [5.74, 6) is 0.401. The molecule has 314 valence electrons. The number of benzene rings is 3. The van der Waals surface area contributed by atoms with E-state index in [2.05, 4.69) is 42.7 Å². The van der Waals surface area contributed by atoms with Gasteiger partial charge < -0.3 is 44.1 Å². The molecule has 0 aliphatic rings. The maximum atomic E-state index is 10.3. The van der Waals surface area contributed by atoms with Gasteiger partial charge in [-0.15, -0.1) is 0 Å². The average Bonchev–Trinajstić information content (AvgIpc) is 3.00. The van der Waals surface area contributed by atoms with Gasteiger partial charge in [0, 0.05) is 0 Å². The fourth-order valence-electron chi connectivity index (χ4n) is 6.80. The summed E-state index contributed by atoms with van der Waals surface area (Å²) >= 11 is 0. The molecule has 0 spiro atoms. The Morgan fingerprint density at radius 1 is 0.411 bits per heavy atom. The average molecular weight is 918 g/mol. The van der Waals surface area contributed by atoms with Crippen molar-refractivity contribution in [2.75, 3.05) is 13.7 Å². The van der Waals surface area contributed by atoms with E-state index in [0.717, 1.165) is 15.6 Å². The highest BCUT2D eigenvalue weighted by Crippen LogP contribution is 2.31. The van der Waals surface area contributed by atoms with Crippen LogP contribution in [-0.4, -0.2) is 97.0 Å². The minimum Gasteiger partial charge on any atom is -0.508 e. The van der Waals surface area contributed by atoms with E-state index in [-0.39, 0.29) is 23.9 Å². The van der Waals surface area contributed by atoms with Gasteiger partial charge in [0.15, 0.2) is 16.6 Å². The molecule has 3 aromatic rings. The normalized spacial score (nSPS) is 16.6. The quantitative estimate of drug-likeness (QED) is 0.0419. The number of aromatic hydroxyl groups is 3. The standard InChI is InChI=1S/C35H64O13Si8/c1-39-41-40-28-29-50(5,6)43-54(13,33-22-16-30(36)17-23-33)45-52(9,10)46-56(15,35-26-20-32(38)21-27-35)48-53(11,12)47-55(14,34-24-18-31(37)19-25-34)44-51(7,8)42-49(2,3)4/h16-27,36-38H,28-29H2,1-15H3. The molecule has 3 aromatic carbocycles. The van der Waals surface area contributed by atoms with E-state index in [1.54, 1.807) is 36.4 Å². The molecule has 0 aliphatic carbocycles. The summed E-state index contributed by atoms with van der Waals surface area (Å²) in [6.45, 7) is 28.9. The number of phenolic OH excluding ortho intramolecular Hbond substituents is 3. The predicted molar refractivity (Wildman–Crippen MR) is 238 cm³/mol. The molecular weight excluding hydrogens is 853 g/mol. The molecule has 3 unspecified atom stereocenters. The van der Waals surface area contributed by atoms with Crippen molar-refractivity contribution in [2.24, 2.45) is 0 Å². The lowest BCUT2D eigenvalue weighted by molar-refractivity contribution is -0.500. The first kappa shape index (κ1) is 48.8. The molecule has 3 atom stereocenters. The SMILES string of the molecule is COOOCC[Si](C)(C)O[Si](C)(O[Si](C)(C)O[Si](C)(O[Si](C)(C)O[Si](C)(O[Si](C)(C)O[Si](C)(C)C)c1ccc(O)cc1)c1ccc(O)cc1)c1ccc(O)cc1. The Morgan fingerprint density at radius 3 is 0.982 bits per heavy atom. The minimum atomic E-state index is -3.46. The van der Waals surface area contributed by atoms with Crippen LogP contribution in [0.25, 0.3) is 0 Å². The predicted octanol–water partition coefficient (Wildman–Crippen LogP) is 6.81. The molecule has 0 saturated heterocycles. The first-order valence-corrected chi connectivity index (χ1v) is 40.5. The molecule has 0 fully saturated rings. The molecule has 0 saturated carbocycles. The van der Waals surface area contributed by atoms with Crippen LogP contribution in [0.15, 0.2) is 72.8 Å². The molecule has 3 N–H and O–H groups in total. The molecule has 21 heteroatoms. The lowest BCUT2D eigenvalue weighted by Crippen LogP contribution is -2.69. The van der Waals surface area contributed by atoms with Gasteiger partial charge in [0.25, 0.3) is 0 Å². The van der Waals surface area contributed by atoms with Crippen molar-refractivity contribution < 1.29 is 58.9 Å². The zero-order chi connectivity index (χ0) is 42.4. The maximum absolute atomic E-state index is 10.3. The van der Waals surface area contributed by atoms with Crippen molar-refractivity contribution >= 4 is 83.6 Å². The highest BCUT2D eigenvalue weighted by molar-refractivity contribution is 6.99. The van der Waals surface area contributed by atoms with E-state index in [1.165, 1.54) is 7.11 Å². The van der Waals surface area contributed by atoms with Crippen LogP contribution >= 0.6 is 0 Å². The first-order chi connectivity index (χ1) is 25.5. The van der Waals surface area contributed by atoms with Crippen molar-refractivity contribution in [3.05, 3.63) is 72.8 Å². The van der Waals surface area contributed by atoms with Crippen molar-refractivity contribution in [3.8, 4) is 17.2 Å². The lowest BCUT2D eigenvalue weighted by Gasteiger charge is -2.46. The number of hydrogen-bond acceptors (Lipinski definition) is 13. The second kappa shape index (κ2) is 18.8. The van der Waals surface area contributed by atoms with Gasteiger partial charge in [0.1, 0.15) is 17.2 Å². The molecular formula is C35H64O13Si8. The zero-order valence-electron chi connectivity index (χ0n) is 35.8. The third kappa shape index (κ3) is 15.2. The molecule has 3 rings (SSSR count). The van der Waals surface area contributed by atoms with Gasteiger partial charge in [-0.25, -0.2) is 9.78 Å². The van der Waals surface area contributed by atoms with Crippen LogP contribution in [0.1, 0.15) is 0 Å². The Morgan fingerprint density at radius 2 is 0.696 bits per heavy atom. The monoisotopic (exact) mass is 916 g/mol. The van der Waals surface area contributed by atoms with E-state index < -0.39 is 68.0 Å². The zero-order valence-corrected chi connectivity index (χ0v) is 43.8. The summed E-state index contributed by atoms with van der Waals surface area (Å²) in [6, 6.07) is 21.4. The van der Waals surface area contributed by atoms with Gasteiger partial charge in [0.2, 0.25) is 0 Å². The summed E-state index contributed by atoms with van der Waals surface area (Å²) in [5, 5.41) is 37.7. The Kier molecular flexibility index (Phi) is 16.3. The molecule has 0 aromatic heterocycles. The molecule has 13 nitrogen and oxygen atoms in total. The van der Waals surface area contributed by atoms with Crippen LogP contribution in [0.3, 0.4) is 0 Å². The Hall–Kier alpha value is -1.60. The van der Waals surface area contributed by atoms with Crippen LogP contribution in [-0.2, 0) is 43.6 Å². The summed E-state index contributed by atoms with van der Waals surface area (Å²) < 4.78 is 49.6. The van der Waals surface area contributed by atoms with E-state index in [9.17, 15) is 15.3 Å². The third-order valence-corrected chi connectivity index (χ3v) is 39.7. The van der Waals surface area contributed by atoms with Crippen molar-refractivity contribution in [1.82, 2.24) is 0 Å². The van der Waals surface area contributed by atoms with Crippen LogP contribution in [0.2, 0.25) is 97.7 Å². The smallest absolute Gasteiger partial charge is 0.351 e. The van der Waals surface area contributed by atoms with Crippen molar-refractivity contribution in [3.63, 3.8) is 0 Å². The fraction of sp³-hybridized carbons (Fsp3) is 0.486. The van der Waals surface area contributed by atoms with Crippen LogP contribution in [0.5, 0.6) is 17.2 Å². The fourth-order valence-corrected chi connectivity index (χ4v) is 45.1. The van der Waals surface area contributed by atoms with Gasteiger partial charge in [0.05, 0.1) is 13.7 Å². The van der Waals surface area contributed by atoms with E-state index in [4.69, 9.17) is 33.7 Å². The highest BCUT2D eigenvalue weighted by Gasteiger charge is 2.54. The van der Waals surface area contributed by atoms with Gasteiger partial charge >= 0.3 is 51.4 Å². The van der Waals surface area contributed by atoms with E-state index >= 15 is 0 Å². The van der Waals surface area contributed by atoms with Crippen molar-refractivity contribution in [1.29, 1.82) is 0 Å². The molecule has 0 aliphatic heterocycles. The van der Waals surface area contributed by atoms with Crippen LogP contribution in [0.4, 0.5) is 0 Å². The summed E-state index contributed by atoms with van der Waals surface area (Å²) in [6.07, 6.45) is 0. The van der Waals surface area contributed by atoms with Gasteiger partial charge in [-0.05, 0) is 150 Å². The minimum absolute atomic E-state index is 0.119. The number of hydrogen-bond donors (Lipinski definition) is 3. The summed E-state index contributed by atoms with van der Waals surface area (Å²) in [5.41, 5.74) is 0. The van der Waals surface area contributed by atoms with Gasteiger partial charge in [-0.3, -0.25) is 0 Å². The molecule has 0 radical (unpaired) electrons. The molecule has 0 bridgehead atoms. The molecule has 0 amide bonds. The largest absolute Gasteiger partial charge is 0.508 e. The van der Waals surface area contributed by atoms with Crippen molar-refractivity contribution in [2.45, 2.75) is 97.7 Å².